The number of aryl methyl sites for hydroxylation is 1. The quantitative estimate of drug-likeness (QED) is 0.886. The molecule has 9 heteroatoms. The first-order chi connectivity index (χ1) is 9.49. The summed E-state index contributed by atoms with van der Waals surface area (Å²) in [5.74, 6) is -0.636. The first-order valence-corrected chi connectivity index (χ1v) is 7.46. The second-order valence-electron chi connectivity index (χ2n) is 4.55. The number of alkyl halides is 3. The number of sulfonamides is 1. The molecule has 0 bridgehead atoms. The number of hydrogen-bond donors (Lipinski definition) is 1. The highest BCUT2D eigenvalue weighted by atomic mass is 32.2. The van der Waals surface area contributed by atoms with Crippen LogP contribution in [0.3, 0.4) is 0 Å². The molecule has 0 aliphatic carbocycles. The van der Waals surface area contributed by atoms with Gasteiger partial charge in [-0.25, -0.2) is 13.6 Å². The molecule has 0 saturated carbocycles. The van der Waals surface area contributed by atoms with E-state index in [0.29, 0.717) is 10.5 Å². The second-order valence-corrected chi connectivity index (χ2v) is 6.12. The Balaban J connectivity index is 2.58. The van der Waals surface area contributed by atoms with Gasteiger partial charge in [0, 0.05) is 13.5 Å². The van der Waals surface area contributed by atoms with E-state index in [0.717, 1.165) is 7.05 Å². The van der Waals surface area contributed by atoms with Gasteiger partial charge >= 0.3 is 6.18 Å². The van der Waals surface area contributed by atoms with Gasteiger partial charge < -0.3 is 4.90 Å². The number of primary sulfonamides is 1. The second kappa shape index (κ2) is 6.44. The molecule has 1 rings (SSSR count). The average Bonchev–Trinajstić information content (AvgIpc) is 2.33. The van der Waals surface area contributed by atoms with Crippen LogP contribution in [0.25, 0.3) is 0 Å². The zero-order valence-electron chi connectivity index (χ0n) is 11.2. The number of amides is 1. The number of hydrogen-bond acceptors (Lipinski definition) is 3. The van der Waals surface area contributed by atoms with Crippen LogP contribution < -0.4 is 5.14 Å². The molecular formula is C12H15F3N2O3S. The van der Waals surface area contributed by atoms with E-state index in [2.05, 4.69) is 0 Å². The van der Waals surface area contributed by atoms with Crippen molar-refractivity contribution in [2.24, 2.45) is 5.14 Å². The maximum absolute atomic E-state index is 12.1. The van der Waals surface area contributed by atoms with Gasteiger partial charge in [0.25, 0.3) is 0 Å². The molecule has 0 aromatic heterocycles. The highest BCUT2D eigenvalue weighted by Gasteiger charge is 2.30. The number of carbonyl (C=O) groups is 1. The fraction of sp³-hybridized carbons (Fsp3) is 0.417. The maximum atomic E-state index is 12.1. The normalized spacial score (nSPS) is 12.2. The molecule has 0 heterocycles. The van der Waals surface area contributed by atoms with E-state index in [9.17, 15) is 26.4 Å². The summed E-state index contributed by atoms with van der Waals surface area (Å²) >= 11 is 0. The lowest BCUT2D eigenvalue weighted by Crippen LogP contribution is -2.35. The molecule has 0 fully saturated rings. The van der Waals surface area contributed by atoms with Crippen LogP contribution in [-0.2, 0) is 21.2 Å². The summed E-state index contributed by atoms with van der Waals surface area (Å²) < 4.78 is 58.5. The predicted molar refractivity (Wildman–Crippen MR) is 69.8 cm³/mol. The summed E-state index contributed by atoms with van der Waals surface area (Å²) in [6, 6.07) is 5.51. The van der Waals surface area contributed by atoms with Gasteiger partial charge in [-0.2, -0.15) is 13.2 Å². The molecule has 1 amide bonds. The first-order valence-electron chi connectivity index (χ1n) is 5.91. The lowest BCUT2D eigenvalue weighted by atomic mass is 10.1. The molecule has 0 aliphatic heterocycles. The van der Waals surface area contributed by atoms with Crippen molar-refractivity contribution < 1.29 is 26.4 Å². The molecule has 0 atom stereocenters. The Morgan fingerprint density at radius 2 is 1.76 bits per heavy atom. The lowest BCUT2D eigenvalue weighted by Gasteiger charge is -2.18. The molecule has 2 N–H and O–H groups in total. The fourth-order valence-corrected chi connectivity index (χ4v) is 2.16. The molecular weight excluding hydrogens is 309 g/mol. The van der Waals surface area contributed by atoms with Gasteiger partial charge in [0.05, 0.1) is 4.90 Å². The average molecular weight is 324 g/mol. The van der Waals surface area contributed by atoms with E-state index in [1.807, 2.05) is 0 Å². The summed E-state index contributed by atoms with van der Waals surface area (Å²) in [5, 5.41) is 4.93. The van der Waals surface area contributed by atoms with Gasteiger partial charge in [0.15, 0.2) is 0 Å². The van der Waals surface area contributed by atoms with Crippen molar-refractivity contribution in [3.05, 3.63) is 29.8 Å². The van der Waals surface area contributed by atoms with E-state index in [4.69, 9.17) is 5.14 Å². The standard InChI is InChI=1S/C12H15F3N2O3S/c1-17(8-12(13,14)15)11(18)7-4-9-2-5-10(6-3-9)21(16,19)20/h2-3,5-6H,4,7-8H2,1H3,(H2,16,19,20). The summed E-state index contributed by atoms with van der Waals surface area (Å²) in [5.41, 5.74) is 0.635. The first kappa shape index (κ1) is 17.4. The number of benzene rings is 1. The van der Waals surface area contributed by atoms with Gasteiger partial charge in [-0.05, 0) is 24.1 Å². The Morgan fingerprint density at radius 1 is 1.24 bits per heavy atom. The number of halogens is 3. The SMILES string of the molecule is CN(CC(F)(F)F)C(=O)CCc1ccc(S(N)(=O)=O)cc1. The molecule has 0 saturated heterocycles. The summed E-state index contributed by atoms with van der Waals surface area (Å²) in [4.78, 5) is 12.1. The predicted octanol–water partition coefficient (Wildman–Crippen LogP) is 1.29. The number of nitrogens with two attached hydrogens (primary N) is 1. The molecule has 5 nitrogen and oxygen atoms in total. The Morgan fingerprint density at radius 3 is 2.19 bits per heavy atom. The third-order valence-corrected chi connectivity index (χ3v) is 3.65. The topological polar surface area (TPSA) is 80.5 Å². The Labute approximate surface area is 120 Å². The lowest BCUT2D eigenvalue weighted by molar-refractivity contribution is -0.158. The monoisotopic (exact) mass is 324 g/mol. The molecule has 1 aromatic carbocycles. The Bertz CT molecular complexity index is 597. The summed E-state index contributed by atoms with van der Waals surface area (Å²) in [6.45, 7) is -1.30. The Hall–Kier alpha value is -1.61. The van der Waals surface area contributed by atoms with Crippen molar-refractivity contribution in [2.75, 3.05) is 13.6 Å². The summed E-state index contributed by atoms with van der Waals surface area (Å²) in [7, 11) is -2.70. The molecule has 0 aliphatic rings. The number of carbonyl (C=O) groups excluding carboxylic acids is 1. The van der Waals surface area contributed by atoms with Crippen LogP contribution in [-0.4, -0.2) is 39.0 Å². The maximum Gasteiger partial charge on any atom is 0.406 e. The van der Waals surface area contributed by atoms with Gasteiger partial charge in [0.1, 0.15) is 6.54 Å². The van der Waals surface area contributed by atoms with E-state index in [-0.39, 0.29) is 17.7 Å². The number of nitrogens with zero attached hydrogens (tertiary/aromatic N) is 1. The molecule has 1 aromatic rings. The van der Waals surface area contributed by atoms with E-state index >= 15 is 0 Å². The number of rotatable bonds is 5. The van der Waals surface area contributed by atoms with Crippen LogP contribution >= 0.6 is 0 Å². The van der Waals surface area contributed by atoms with E-state index < -0.39 is 28.7 Å². The highest BCUT2D eigenvalue weighted by Crippen LogP contribution is 2.16. The molecule has 118 valence electrons. The minimum atomic E-state index is -4.43. The molecule has 0 unspecified atom stereocenters. The third-order valence-electron chi connectivity index (χ3n) is 2.72. The van der Waals surface area contributed by atoms with Crippen molar-refractivity contribution in [1.82, 2.24) is 4.90 Å². The van der Waals surface area contributed by atoms with Gasteiger partial charge in [-0.1, -0.05) is 12.1 Å². The van der Waals surface area contributed by atoms with Crippen molar-refractivity contribution in [2.45, 2.75) is 23.9 Å². The van der Waals surface area contributed by atoms with Crippen LogP contribution in [0.4, 0.5) is 13.2 Å². The van der Waals surface area contributed by atoms with Crippen LogP contribution in [0.2, 0.25) is 0 Å². The zero-order valence-corrected chi connectivity index (χ0v) is 12.0. The summed E-state index contributed by atoms with van der Waals surface area (Å²) in [6.07, 6.45) is -4.31. The van der Waals surface area contributed by atoms with Crippen molar-refractivity contribution in [1.29, 1.82) is 0 Å². The highest BCUT2D eigenvalue weighted by molar-refractivity contribution is 7.89. The third kappa shape index (κ3) is 6.13. The molecule has 0 spiro atoms. The fourth-order valence-electron chi connectivity index (χ4n) is 1.65. The molecule has 0 radical (unpaired) electrons. The minimum absolute atomic E-state index is 0.0632. The van der Waals surface area contributed by atoms with Gasteiger partial charge in [-0.15, -0.1) is 0 Å². The zero-order chi connectivity index (χ0) is 16.3. The van der Waals surface area contributed by atoms with E-state index in [1.54, 1.807) is 0 Å². The van der Waals surface area contributed by atoms with Gasteiger partial charge in [0.2, 0.25) is 15.9 Å². The Kier molecular flexibility index (Phi) is 5.35. The van der Waals surface area contributed by atoms with Gasteiger partial charge in [-0.3, -0.25) is 4.79 Å². The van der Waals surface area contributed by atoms with Crippen LogP contribution in [0.15, 0.2) is 29.2 Å². The minimum Gasteiger partial charge on any atom is -0.337 e. The molecule has 21 heavy (non-hydrogen) atoms. The van der Waals surface area contributed by atoms with Crippen LogP contribution in [0.5, 0.6) is 0 Å². The van der Waals surface area contributed by atoms with Crippen molar-refractivity contribution >= 4 is 15.9 Å². The largest absolute Gasteiger partial charge is 0.406 e. The smallest absolute Gasteiger partial charge is 0.337 e. The van der Waals surface area contributed by atoms with Crippen LogP contribution in [0, 0.1) is 0 Å². The van der Waals surface area contributed by atoms with Crippen molar-refractivity contribution in [3.8, 4) is 0 Å². The van der Waals surface area contributed by atoms with E-state index in [1.165, 1.54) is 24.3 Å². The van der Waals surface area contributed by atoms with Crippen LogP contribution in [0.1, 0.15) is 12.0 Å². The van der Waals surface area contributed by atoms with Crippen molar-refractivity contribution in [3.63, 3.8) is 0 Å².